The second kappa shape index (κ2) is 3.20. The molecule has 0 radical (unpaired) electrons. The minimum Gasteiger partial charge on any atom is -0.503 e. The highest BCUT2D eigenvalue weighted by molar-refractivity contribution is 5.28. The number of ether oxygens (including phenoxy) is 1. The summed E-state index contributed by atoms with van der Waals surface area (Å²) >= 11 is 0. The van der Waals surface area contributed by atoms with Crippen LogP contribution in [0.4, 0.5) is 17.6 Å². The number of alkyl halides is 3. The van der Waals surface area contributed by atoms with Gasteiger partial charge in [0.15, 0.2) is 5.75 Å². The average Bonchev–Trinajstić information content (AvgIpc) is 2.04. The summed E-state index contributed by atoms with van der Waals surface area (Å²) in [4.78, 5) is 12.3. The fraction of sp³-hybridized carbons (Fsp3) is 0.167. The van der Waals surface area contributed by atoms with Crippen molar-refractivity contribution in [3.05, 3.63) is 22.4 Å². The monoisotopic (exact) mass is 213 g/mol. The van der Waals surface area contributed by atoms with E-state index in [2.05, 4.69) is 4.74 Å². The van der Waals surface area contributed by atoms with Crippen molar-refractivity contribution >= 4 is 0 Å². The molecule has 0 fully saturated rings. The standard InChI is InChI=1S/C6H3F4NO3/c7-5-4(14-6(8,9)10)3(13)2(12)1-11-5/h1,12H,(H,11,13). The summed E-state index contributed by atoms with van der Waals surface area (Å²) in [5.41, 5.74) is -1.57. The lowest BCUT2D eigenvalue weighted by Crippen LogP contribution is -2.23. The number of aromatic amines is 1. The molecule has 14 heavy (non-hydrogen) atoms. The summed E-state index contributed by atoms with van der Waals surface area (Å²) in [6.07, 6.45) is -4.68. The predicted molar refractivity (Wildman–Crippen MR) is 35.4 cm³/mol. The van der Waals surface area contributed by atoms with Crippen LogP contribution in [0.5, 0.6) is 11.5 Å². The van der Waals surface area contributed by atoms with Crippen molar-refractivity contribution in [2.45, 2.75) is 6.36 Å². The van der Waals surface area contributed by atoms with Crippen LogP contribution in [0.2, 0.25) is 0 Å². The topological polar surface area (TPSA) is 62.3 Å². The van der Waals surface area contributed by atoms with Gasteiger partial charge in [-0.1, -0.05) is 0 Å². The number of halogens is 4. The maximum absolute atomic E-state index is 12.6. The van der Waals surface area contributed by atoms with E-state index in [9.17, 15) is 22.4 Å². The van der Waals surface area contributed by atoms with Gasteiger partial charge >= 0.3 is 6.36 Å². The molecule has 0 unspecified atom stereocenters. The van der Waals surface area contributed by atoms with Crippen LogP contribution in [0.3, 0.4) is 0 Å². The average molecular weight is 213 g/mol. The fourth-order valence-corrected chi connectivity index (χ4v) is 0.686. The highest BCUT2D eigenvalue weighted by Crippen LogP contribution is 2.22. The number of hydrogen-bond acceptors (Lipinski definition) is 3. The van der Waals surface area contributed by atoms with Gasteiger partial charge in [-0.25, -0.2) is 0 Å². The van der Waals surface area contributed by atoms with Crippen LogP contribution < -0.4 is 10.2 Å². The number of H-pyrrole nitrogens is 1. The Kier molecular flexibility index (Phi) is 2.37. The van der Waals surface area contributed by atoms with E-state index in [0.29, 0.717) is 6.20 Å². The van der Waals surface area contributed by atoms with E-state index in [0.717, 1.165) is 0 Å². The maximum Gasteiger partial charge on any atom is 0.573 e. The first kappa shape index (κ1) is 10.4. The largest absolute Gasteiger partial charge is 0.573 e. The second-order valence-corrected chi connectivity index (χ2v) is 2.19. The normalized spacial score (nSPS) is 11.4. The summed E-state index contributed by atoms with van der Waals surface area (Å²) < 4.78 is 50.5. The van der Waals surface area contributed by atoms with Crippen molar-refractivity contribution in [3.8, 4) is 11.5 Å². The number of pyridine rings is 1. The van der Waals surface area contributed by atoms with Gasteiger partial charge in [-0.3, -0.25) is 4.79 Å². The van der Waals surface area contributed by atoms with Crippen molar-refractivity contribution in [1.82, 2.24) is 4.98 Å². The van der Waals surface area contributed by atoms with Gasteiger partial charge in [-0.15, -0.1) is 13.2 Å². The van der Waals surface area contributed by atoms with Crippen LogP contribution in [-0.2, 0) is 0 Å². The van der Waals surface area contributed by atoms with Crippen molar-refractivity contribution in [2.75, 3.05) is 0 Å². The number of hydrogen-bond donors (Lipinski definition) is 2. The number of aromatic nitrogens is 1. The molecule has 0 atom stereocenters. The van der Waals surface area contributed by atoms with Gasteiger partial charge in [0.25, 0.3) is 5.43 Å². The maximum atomic E-state index is 12.6. The Hall–Kier alpha value is -1.73. The molecule has 1 rings (SSSR count). The van der Waals surface area contributed by atoms with E-state index >= 15 is 0 Å². The Bertz CT molecular complexity index is 397. The molecular weight excluding hydrogens is 210 g/mol. The molecule has 0 aliphatic heterocycles. The minimum absolute atomic E-state index is 0.515. The highest BCUT2D eigenvalue weighted by atomic mass is 19.4. The van der Waals surface area contributed by atoms with Crippen LogP contribution in [0.15, 0.2) is 11.0 Å². The Morgan fingerprint density at radius 1 is 1.43 bits per heavy atom. The first-order valence-electron chi connectivity index (χ1n) is 3.17. The third kappa shape index (κ3) is 2.15. The molecule has 0 aliphatic carbocycles. The van der Waals surface area contributed by atoms with Crippen LogP contribution in [0.1, 0.15) is 0 Å². The number of rotatable bonds is 1. The smallest absolute Gasteiger partial charge is 0.503 e. The molecule has 0 amide bonds. The lowest BCUT2D eigenvalue weighted by Gasteiger charge is -2.08. The third-order valence-electron chi connectivity index (χ3n) is 1.19. The zero-order valence-corrected chi connectivity index (χ0v) is 6.35. The Morgan fingerprint density at radius 2 is 2.00 bits per heavy atom. The summed E-state index contributed by atoms with van der Waals surface area (Å²) in [5, 5.41) is 8.66. The molecule has 0 saturated carbocycles. The number of aromatic hydroxyl groups is 1. The first-order chi connectivity index (χ1) is 6.31. The van der Waals surface area contributed by atoms with Crippen molar-refractivity contribution in [1.29, 1.82) is 0 Å². The molecule has 0 saturated heterocycles. The van der Waals surface area contributed by atoms with Crippen molar-refractivity contribution < 1.29 is 27.4 Å². The van der Waals surface area contributed by atoms with Crippen LogP contribution in [0, 0.1) is 5.95 Å². The number of nitrogens with one attached hydrogen (secondary N) is 1. The molecule has 8 heteroatoms. The quantitative estimate of drug-likeness (QED) is 0.542. The van der Waals surface area contributed by atoms with Crippen molar-refractivity contribution in [3.63, 3.8) is 0 Å². The zero-order chi connectivity index (χ0) is 10.9. The summed E-state index contributed by atoms with van der Waals surface area (Å²) in [5.74, 6) is -4.28. The molecule has 1 aromatic rings. The Balaban J connectivity index is 3.21. The van der Waals surface area contributed by atoms with Gasteiger partial charge in [0.05, 0.1) is 0 Å². The van der Waals surface area contributed by atoms with Crippen molar-refractivity contribution in [2.24, 2.45) is 0 Å². The van der Waals surface area contributed by atoms with E-state index < -0.39 is 29.2 Å². The zero-order valence-electron chi connectivity index (χ0n) is 6.35. The molecule has 78 valence electrons. The molecule has 2 N–H and O–H groups in total. The van der Waals surface area contributed by atoms with E-state index in [-0.39, 0.29) is 0 Å². The Labute approximate surface area is 73.7 Å². The molecule has 0 bridgehead atoms. The lowest BCUT2D eigenvalue weighted by molar-refractivity contribution is -0.276. The Morgan fingerprint density at radius 3 is 2.50 bits per heavy atom. The van der Waals surface area contributed by atoms with Gasteiger partial charge in [-0.2, -0.15) is 4.39 Å². The van der Waals surface area contributed by atoms with Crippen LogP contribution >= 0.6 is 0 Å². The summed E-state index contributed by atoms with van der Waals surface area (Å²) in [7, 11) is 0. The fourth-order valence-electron chi connectivity index (χ4n) is 0.686. The van der Waals surface area contributed by atoms with Crippen LogP contribution in [-0.4, -0.2) is 16.5 Å². The second-order valence-electron chi connectivity index (χ2n) is 2.19. The first-order valence-corrected chi connectivity index (χ1v) is 3.17. The molecule has 4 nitrogen and oxygen atoms in total. The molecular formula is C6H3F4NO3. The molecule has 1 heterocycles. The summed E-state index contributed by atoms with van der Waals surface area (Å²) in [6.45, 7) is 0. The molecule has 0 spiro atoms. The van der Waals surface area contributed by atoms with Gasteiger partial charge in [0, 0.05) is 6.20 Å². The van der Waals surface area contributed by atoms with Gasteiger partial charge in [0.2, 0.25) is 11.7 Å². The van der Waals surface area contributed by atoms with Gasteiger partial charge in [-0.05, 0) is 0 Å². The van der Waals surface area contributed by atoms with E-state index in [1.807, 2.05) is 0 Å². The van der Waals surface area contributed by atoms with Crippen LogP contribution in [0.25, 0.3) is 0 Å². The molecule has 0 aliphatic rings. The van der Waals surface area contributed by atoms with E-state index in [1.165, 1.54) is 0 Å². The predicted octanol–water partition coefficient (Wildman–Crippen LogP) is 1.12. The SMILES string of the molecule is O=c1c(O)c[nH]c(F)c1OC(F)(F)F. The molecule has 0 aromatic carbocycles. The van der Waals surface area contributed by atoms with E-state index in [1.54, 1.807) is 4.98 Å². The lowest BCUT2D eigenvalue weighted by atomic mass is 10.4. The minimum atomic E-state index is -5.19. The van der Waals surface area contributed by atoms with E-state index in [4.69, 9.17) is 5.11 Å². The van der Waals surface area contributed by atoms with Gasteiger partial charge < -0.3 is 14.8 Å². The summed E-state index contributed by atoms with van der Waals surface area (Å²) in [6, 6.07) is 0. The highest BCUT2D eigenvalue weighted by Gasteiger charge is 2.34. The third-order valence-corrected chi connectivity index (χ3v) is 1.19. The van der Waals surface area contributed by atoms with Gasteiger partial charge in [0.1, 0.15) is 0 Å². The molecule has 1 aromatic heterocycles.